The van der Waals surface area contributed by atoms with Crippen molar-refractivity contribution < 1.29 is 0 Å². The minimum absolute atomic E-state index is 0.198. The number of hydrogen-bond donors (Lipinski definition) is 0. The van der Waals surface area contributed by atoms with Gasteiger partial charge in [-0.2, -0.15) is 0 Å². The number of rotatable bonds is 4. The highest BCUT2D eigenvalue weighted by Gasteiger charge is 2.28. The summed E-state index contributed by atoms with van der Waals surface area (Å²) in [6.45, 7) is 0. The lowest BCUT2D eigenvalue weighted by Crippen LogP contribution is -2.13. The summed E-state index contributed by atoms with van der Waals surface area (Å²) in [6, 6.07) is 72.7. The Bertz CT molecular complexity index is 3660. The second-order valence-corrected chi connectivity index (χ2v) is 18.0. The normalized spacial score (nSPS) is 13.9. The standard InChI is InChI=1S/C56H35NS2/c1-2-14-37(15-3-1)57-51-25-9-6-18-42(51)45-22-12-21-39(54(45)57)34-28-29-38-35(30-34)31-48(41-17-5-4-16-40(38)41)36-32-49-44-20-8-11-27-53(44)59-56(49)50(33-36)47-24-13-23-46-43-19-7-10-26-52(43)58-55(46)47/h1-30,32-33,48H,31H2. The van der Waals surface area contributed by atoms with E-state index in [1.54, 1.807) is 0 Å². The van der Waals surface area contributed by atoms with Crippen LogP contribution in [0.2, 0.25) is 0 Å². The second-order valence-electron chi connectivity index (χ2n) is 15.9. The number of thiophene rings is 2. The molecule has 12 aromatic rings. The smallest absolute Gasteiger partial charge is 0.0619 e. The van der Waals surface area contributed by atoms with Crippen molar-refractivity contribution in [3.63, 3.8) is 0 Å². The van der Waals surface area contributed by atoms with Gasteiger partial charge in [0.05, 0.1) is 11.0 Å². The predicted molar refractivity (Wildman–Crippen MR) is 255 cm³/mol. The van der Waals surface area contributed by atoms with Gasteiger partial charge < -0.3 is 4.57 Å². The van der Waals surface area contributed by atoms with Gasteiger partial charge in [-0.05, 0) is 82.3 Å². The highest BCUT2D eigenvalue weighted by Crippen LogP contribution is 2.50. The monoisotopic (exact) mass is 785 g/mol. The summed E-state index contributed by atoms with van der Waals surface area (Å²) in [7, 11) is 0. The molecule has 276 valence electrons. The molecule has 0 spiro atoms. The number of nitrogens with zero attached hydrogens (tertiary/aromatic N) is 1. The van der Waals surface area contributed by atoms with Crippen molar-refractivity contribution in [1.82, 2.24) is 4.57 Å². The van der Waals surface area contributed by atoms with Gasteiger partial charge in [0.15, 0.2) is 0 Å². The van der Waals surface area contributed by atoms with Gasteiger partial charge in [-0.15, -0.1) is 22.7 Å². The quantitative estimate of drug-likeness (QED) is 0.167. The molecule has 1 aliphatic carbocycles. The van der Waals surface area contributed by atoms with Crippen LogP contribution >= 0.6 is 22.7 Å². The zero-order valence-electron chi connectivity index (χ0n) is 32.0. The second kappa shape index (κ2) is 12.9. The van der Waals surface area contributed by atoms with Crippen LogP contribution in [0.3, 0.4) is 0 Å². The zero-order chi connectivity index (χ0) is 38.6. The molecule has 0 radical (unpaired) electrons. The number of aromatic nitrogens is 1. The fourth-order valence-corrected chi connectivity index (χ4v) is 12.6. The Balaban J connectivity index is 1.02. The molecule has 3 heterocycles. The highest BCUT2D eigenvalue weighted by molar-refractivity contribution is 7.27. The van der Waals surface area contributed by atoms with Crippen molar-refractivity contribution in [2.24, 2.45) is 0 Å². The molecule has 0 saturated carbocycles. The third kappa shape index (κ3) is 4.96. The van der Waals surface area contributed by atoms with E-state index in [0.29, 0.717) is 0 Å². The predicted octanol–water partition coefficient (Wildman–Crippen LogP) is 16.2. The van der Waals surface area contributed by atoms with Crippen molar-refractivity contribution in [2.75, 3.05) is 0 Å². The maximum Gasteiger partial charge on any atom is 0.0619 e. The van der Waals surface area contributed by atoms with Gasteiger partial charge in [-0.25, -0.2) is 0 Å². The Labute approximate surface area is 349 Å². The fourth-order valence-electron chi connectivity index (χ4n) is 10.2. The van der Waals surface area contributed by atoms with Crippen LogP contribution in [0.1, 0.15) is 22.6 Å². The summed E-state index contributed by atoms with van der Waals surface area (Å²) in [5.74, 6) is 0.198. The Hall–Kier alpha value is -6.78. The maximum atomic E-state index is 2.55. The molecular formula is C56H35NS2. The number of para-hydroxylation sites is 3. The first-order valence-electron chi connectivity index (χ1n) is 20.4. The summed E-state index contributed by atoms with van der Waals surface area (Å²) >= 11 is 3.86. The largest absolute Gasteiger partial charge is 0.309 e. The van der Waals surface area contributed by atoms with E-state index in [1.165, 1.54) is 118 Å². The van der Waals surface area contributed by atoms with Crippen molar-refractivity contribution in [1.29, 1.82) is 0 Å². The Morgan fingerprint density at radius 1 is 0.407 bits per heavy atom. The van der Waals surface area contributed by atoms with E-state index in [0.717, 1.165) is 6.42 Å². The van der Waals surface area contributed by atoms with Crippen molar-refractivity contribution in [3.8, 4) is 39.1 Å². The topological polar surface area (TPSA) is 4.93 Å². The fraction of sp³-hybridized carbons (Fsp3) is 0.0357. The molecule has 1 aliphatic rings. The molecule has 0 aliphatic heterocycles. The maximum absolute atomic E-state index is 2.55. The van der Waals surface area contributed by atoms with E-state index in [2.05, 4.69) is 199 Å². The van der Waals surface area contributed by atoms with E-state index in [-0.39, 0.29) is 5.92 Å². The summed E-state index contributed by atoms with van der Waals surface area (Å²) in [5.41, 5.74) is 15.7. The van der Waals surface area contributed by atoms with Gasteiger partial charge in [0.1, 0.15) is 0 Å². The number of fused-ring (bicyclic) bond motifs is 12. The lowest BCUT2D eigenvalue weighted by Gasteiger charge is -2.29. The van der Waals surface area contributed by atoms with Crippen LogP contribution in [0.5, 0.6) is 0 Å². The average Bonchev–Trinajstić information content (AvgIpc) is 3.98. The lowest BCUT2D eigenvalue weighted by atomic mass is 9.74. The van der Waals surface area contributed by atoms with Crippen LogP contribution in [0.25, 0.3) is 101 Å². The van der Waals surface area contributed by atoms with Gasteiger partial charge in [0.2, 0.25) is 0 Å². The van der Waals surface area contributed by atoms with Crippen LogP contribution < -0.4 is 0 Å². The van der Waals surface area contributed by atoms with E-state index < -0.39 is 0 Å². The Morgan fingerprint density at radius 3 is 1.86 bits per heavy atom. The SMILES string of the molecule is c1ccc(-n2c3ccccc3c3cccc(-c4ccc5c(c4)CC(c4cc(-c6cccc7c6sc6ccccc67)c6sc7ccccc7c6c4)c4ccccc4-5)c32)cc1. The summed E-state index contributed by atoms with van der Waals surface area (Å²) < 4.78 is 7.87. The first-order chi connectivity index (χ1) is 29.3. The molecule has 1 atom stereocenters. The molecule has 0 N–H and O–H groups in total. The van der Waals surface area contributed by atoms with Gasteiger partial charge in [0, 0.05) is 79.4 Å². The van der Waals surface area contributed by atoms with E-state index in [4.69, 9.17) is 0 Å². The van der Waals surface area contributed by atoms with Crippen LogP contribution in [-0.4, -0.2) is 4.57 Å². The molecular weight excluding hydrogens is 751 g/mol. The third-order valence-electron chi connectivity index (χ3n) is 12.8. The van der Waals surface area contributed by atoms with E-state index in [1.807, 2.05) is 22.7 Å². The van der Waals surface area contributed by atoms with Crippen LogP contribution in [0.4, 0.5) is 0 Å². The third-order valence-corrected chi connectivity index (χ3v) is 15.2. The van der Waals surface area contributed by atoms with Gasteiger partial charge in [0.25, 0.3) is 0 Å². The molecule has 0 amide bonds. The molecule has 0 fully saturated rings. The molecule has 13 rings (SSSR count). The highest BCUT2D eigenvalue weighted by atomic mass is 32.1. The van der Waals surface area contributed by atoms with Crippen LogP contribution in [0, 0.1) is 0 Å². The first kappa shape index (κ1) is 33.2. The Morgan fingerprint density at radius 2 is 1.03 bits per heavy atom. The van der Waals surface area contributed by atoms with E-state index in [9.17, 15) is 0 Å². The van der Waals surface area contributed by atoms with Gasteiger partial charge in [-0.3, -0.25) is 0 Å². The summed E-state index contributed by atoms with van der Waals surface area (Å²) in [4.78, 5) is 0. The molecule has 59 heavy (non-hydrogen) atoms. The molecule has 3 heteroatoms. The van der Waals surface area contributed by atoms with Crippen molar-refractivity contribution >= 4 is 84.8 Å². The molecule has 1 nitrogen and oxygen atoms in total. The van der Waals surface area contributed by atoms with Crippen LogP contribution in [-0.2, 0) is 6.42 Å². The molecule has 9 aromatic carbocycles. The zero-order valence-corrected chi connectivity index (χ0v) is 33.7. The van der Waals surface area contributed by atoms with Crippen molar-refractivity contribution in [2.45, 2.75) is 12.3 Å². The minimum atomic E-state index is 0.198. The summed E-state index contributed by atoms with van der Waals surface area (Å²) in [6.07, 6.45) is 0.929. The van der Waals surface area contributed by atoms with Crippen molar-refractivity contribution in [3.05, 3.63) is 211 Å². The molecule has 1 unspecified atom stereocenters. The number of hydrogen-bond acceptors (Lipinski definition) is 2. The van der Waals surface area contributed by atoms with Gasteiger partial charge in [-0.1, -0.05) is 152 Å². The molecule has 3 aromatic heterocycles. The molecule has 0 saturated heterocycles. The van der Waals surface area contributed by atoms with Crippen LogP contribution in [0.15, 0.2) is 194 Å². The minimum Gasteiger partial charge on any atom is -0.309 e. The van der Waals surface area contributed by atoms with Gasteiger partial charge >= 0.3 is 0 Å². The molecule has 0 bridgehead atoms. The number of benzene rings is 9. The lowest BCUT2D eigenvalue weighted by molar-refractivity contribution is 0.795. The first-order valence-corrected chi connectivity index (χ1v) is 22.1. The van der Waals surface area contributed by atoms with E-state index >= 15 is 0 Å². The average molecular weight is 786 g/mol. The Kier molecular flexibility index (Phi) is 7.24. The summed E-state index contributed by atoms with van der Waals surface area (Å²) in [5, 5.41) is 7.93.